The quantitative estimate of drug-likeness (QED) is 0.540. The average Bonchev–Trinajstić information content (AvgIpc) is 2.35. The normalized spacial score (nSPS) is 33.1. The summed E-state index contributed by atoms with van der Waals surface area (Å²) in [7, 11) is -3.10. The second-order valence-electron chi connectivity index (χ2n) is 3.71. The highest BCUT2D eigenvalue weighted by Crippen LogP contribution is 2.13. The molecule has 1 fully saturated rings. The Morgan fingerprint density at radius 3 is 2.50 bits per heavy atom. The van der Waals surface area contributed by atoms with Crippen LogP contribution in [0.15, 0.2) is 0 Å². The third-order valence-electron chi connectivity index (χ3n) is 2.49. The molecule has 0 bridgehead atoms. The lowest BCUT2D eigenvalue weighted by Crippen LogP contribution is -2.46. The molecule has 6 heteroatoms. The Morgan fingerprint density at radius 1 is 1.50 bits per heavy atom. The number of aliphatic hydroxyl groups is 2. The summed E-state index contributed by atoms with van der Waals surface area (Å²) in [4.78, 5) is 0. The Morgan fingerprint density at radius 2 is 2.14 bits per heavy atom. The van der Waals surface area contributed by atoms with E-state index in [1.54, 1.807) is 0 Å². The summed E-state index contributed by atoms with van der Waals surface area (Å²) in [5.41, 5.74) is 0. The molecule has 1 heterocycles. The van der Waals surface area contributed by atoms with Gasteiger partial charge >= 0.3 is 0 Å². The first-order valence-electron chi connectivity index (χ1n) is 4.74. The van der Waals surface area contributed by atoms with Gasteiger partial charge in [-0.05, 0) is 6.42 Å². The summed E-state index contributed by atoms with van der Waals surface area (Å²) in [6.45, 7) is 1.85. The van der Waals surface area contributed by atoms with E-state index in [1.165, 1.54) is 0 Å². The summed E-state index contributed by atoms with van der Waals surface area (Å²) < 4.78 is 22.3. The number of hydrogen-bond donors (Lipinski definition) is 3. The van der Waals surface area contributed by atoms with Crippen molar-refractivity contribution in [3.8, 4) is 0 Å². The molecule has 3 N–H and O–H groups in total. The molecular formula is C8H17NO4S. The minimum atomic E-state index is -3.10. The van der Waals surface area contributed by atoms with E-state index in [-0.39, 0.29) is 24.2 Å². The molecule has 0 amide bonds. The van der Waals surface area contributed by atoms with Crippen molar-refractivity contribution in [1.29, 1.82) is 0 Å². The fourth-order valence-corrected chi connectivity index (χ4v) is 3.34. The van der Waals surface area contributed by atoms with Crippen molar-refractivity contribution in [3.05, 3.63) is 0 Å². The SMILES string of the molecule is CCC(CO)NC1CS(=O)(=O)CC1O. The molecule has 1 aliphatic heterocycles. The van der Waals surface area contributed by atoms with Gasteiger partial charge in [-0.15, -0.1) is 0 Å². The predicted octanol–water partition coefficient (Wildman–Crippen LogP) is -1.50. The van der Waals surface area contributed by atoms with Crippen molar-refractivity contribution in [2.45, 2.75) is 31.5 Å². The minimum Gasteiger partial charge on any atom is -0.395 e. The van der Waals surface area contributed by atoms with Gasteiger partial charge in [0.05, 0.1) is 24.2 Å². The molecule has 0 aromatic rings. The van der Waals surface area contributed by atoms with Crippen molar-refractivity contribution in [3.63, 3.8) is 0 Å². The van der Waals surface area contributed by atoms with E-state index in [1.807, 2.05) is 6.92 Å². The molecule has 0 spiro atoms. The van der Waals surface area contributed by atoms with Crippen molar-refractivity contribution < 1.29 is 18.6 Å². The fourth-order valence-electron chi connectivity index (χ4n) is 1.59. The maximum atomic E-state index is 11.1. The highest BCUT2D eigenvalue weighted by atomic mass is 32.2. The first-order valence-corrected chi connectivity index (χ1v) is 6.56. The molecule has 5 nitrogen and oxygen atoms in total. The lowest BCUT2D eigenvalue weighted by atomic mass is 10.1. The molecule has 1 saturated heterocycles. The molecule has 3 unspecified atom stereocenters. The Kier molecular flexibility index (Phi) is 3.88. The highest BCUT2D eigenvalue weighted by Gasteiger charge is 2.36. The Balaban J connectivity index is 2.54. The van der Waals surface area contributed by atoms with E-state index < -0.39 is 22.0 Å². The van der Waals surface area contributed by atoms with Crippen LogP contribution in [0, 0.1) is 0 Å². The number of aliphatic hydroxyl groups excluding tert-OH is 2. The van der Waals surface area contributed by atoms with E-state index in [9.17, 15) is 13.5 Å². The zero-order chi connectivity index (χ0) is 10.8. The van der Waals surface area contributed by atoms with Crippen LogP contribution >= 0.6 is 0 Å². The van der Waals surface area contributed by atoms with Crippen molar-refractivity contribution in [2.24, 2.45) is 0 Å². The molecule has 14 heavy (non-hydrogen) atoms. The van der Waals surface area contributed by atoms with Gasteiger partial charge in [-0.25, -0.2) is 8.42 Å². The number of nitrogens with one attached hydrogen (secondary N) is 1. The molecule has 3 atom stereocenters. The first-order chi connectivity index (χ1) is 6.48. The molecule has 0 saturated carbocycles. The van der Waals surface area contributed by atoms with Crippen LogP contribution in [0.3, 0.4) is 0 Å². The van der Waals surface area contributed by atoms with Gasteiger partial charge < -0.3 is 15.5 Å². The lowest BCUT2D eigenvalue weighted by Gasteiger charge is -2.21. The van der Waals surface area contributed by atoms with Gasteiger partial charge in [0.2, 0.25) is 0 Å². The maximum absolute atomic E-state index is 11.1. The minimum absolute atomic E-state index is 0.0370. The summed E-state index contributed by atoms with van der Waals surface area (Å²) in [6, 6.07) is -0.569. The topological polar surface area (TPSA) is 86.6 Å². The summed E-state index contributed by atoms with van der Waals surface area (Å²) in [5.74, 6) is -0.211. The van der Waals surface area contributed by atoms with Gasteiger partial charge in [-0.1, -0.05) is 6.92 Å². The van der Waals surface area contributed by atoms with E-state index in [0.29, 0.717) is 6.42 Å². The molecule has 0 radical (unpaired) electrons. The molecule has 1 aliphatic rings. The number of sulfone groups is 1. The molecule has 0 aliphatic carbocycles. The fraction of sp³-hybridized carbons (Fsp3) is 1.00. The van der Waals surface area contributed by atoms with Gasteiger partial charge in [0.15, 0.2) is 9.84 Å². The summed E-state index contributed by atoms with van der Waals surface area (Å²) >= 11 is 0. The lowest BCUT2D eigenvalue weighted by molar-refractivity contribution is 0.144. The maximum Gasteiger partial charge on any atom is 0.154 e. The van der Waals surface area contributed by atoms with E-state index in [4.69, 9.17) is 5.11 Å². The zero-order valence-corrected chi connectivity index (χ0v) is 9.00. The van der Waals surface area contributed by atoms with Gasteiger partial charge in [0, 0.05) is 12.1 Å². The van der Waals surface area contributed by atoms with Crippen LogP contribution < -0.4 is 5.32 Å². The second kappa shape index (κ2) is 4.57. The highest BCUT2D eigenvalue weighted by molar-refractivity contribution is 7.91. The van der Waals surface area contributed by atoms with Crippen molar-refractivity contribution in [1.82, 2.24) is 5.32 Å². The smallest absolute Gasteiger partial charge is 0.154 e. The van der Waals surface area contributed by atoms with Crippen LogP contribution in [0.4, 0.5) is 0 Å². The third kappa shape index (κ3) is 2.91. The molecule has 0 aromatic carbocycles. The van der Waals surface area contributed by atoms with E-state index in [2.05, 4.69) is 5.32 Å². The monoisotopic (exact) mass is 223 g/mol. The largest absolute Gasteiger partial charge is 0.395 e. The standard InChI is InChI=1S/C8H17NO4S/c1-2-6(3-10)9-7-4-14(12,13)5-8(7)11/h6-11H,2-5H2,1H3. The molecule has 1 rings (SSSR count). The number of hydrogen-bond acceptors (Lipinski definition) is 5. The molecule has 0 aromatic heterocycles. The third-order valence-corrected chi connectivity index (χ3v) is 4.20. The molecular weight excluding hydrogens is 206 g/mol. The number of rotatable bonds is 4. The van der Waals surface area contributed by atoms with Crippen molar-refractivity contribution >= 4 is 9.84 Å². The van der Waals surface area contributed by atoms with Crippen LogP contribution in [-0.4, -0.2) is 54.9 Å². The molecule has 84 valence electrons. The zero-order valence-electron chi connectivity index (χ0n) is 8.18. The van der Waals surface area contributed by atoms with Gasteiger partial charge in [-0.3, -0.25) is 0 Å². The Bertz CT molecular complexity index is 273. The van der Waals surface area contributed by atoms with Gasteiger partial charge in [0.1, 0.15) is 0 Å². The van der Waals surface area contributed by atoms with Crippen LogP contribution in [0.1, 0.15) is 13.3 Å². The van der Waals surface area contributed by atoms with E-state index in [0.717, 1.165) is 0 Å². The summed E-state index contributed by atoms with van der Waals surface area (Å²) in [5, 5.41) is 21.3. The predicted molar refractivity (Wildman–Crippen MR) is 52.7 cm³/mol. The van der Waals surface area contributed by atoms with Crippen LogP contribution in [0.25, 0.3) is 0 Å². The average molecular weight is 223 g/mol. The van der Waals surface area contributed by atoms with E-state index >= 15 is 0 Å². The Hall–Kier alpha value is -0.170. The van der Waals surface area contributed by atoms with Gasteiger partial charge in [0.25, 0.3) is 0 Å². The van der Waals surface area contributed by atoms with Crippen molar-refractivity contribution in [2.75, 3.05) is 18.1 Å². The Labute approximate surface area is 84.1 Å². The van der Waals surface area contributed by atoms with Crippen LogP contribution in [0.2, 0.25) is 0 Å². The summed E-state index contributed by atoms with van der Waals surface area (Å²) in [6.07, 6.45) is -0.139. The van der Waals surface area contributed by atoms with Gasteiger partial charge in [-0.2, -0.15) is 0 Å². The second-order valence-corrected chi connectivity index (χ2v) is 5.86. The first kappa shape index (κ1) is 11.9. The van der Waals surface area contributed by atoms with Crippen LogP contribution in [-0.2, 0) is 9.84 Å². The van der Waals surface area contributed by atoms with Crippen LogP contribution in [0.5, 0.6) is 0 Å².